The van der Waals surface area contributed by atoms with Gasteiger partial charge in [-0.15, -0.1) is 0 Å². The van der Waals surface area contributed by atoms with Crippen molar-refractivity contribution in [1.29, 1.82) is 5.26 Å². The fourth-order valence-electron chi connectivity index (χ4n) is 2.18. The molecule has 1 aromatic carbocycles. The maximum absolute atomic E-state index is 9.36. The topological polar surface area (TPSA) is 57.4 Å². The summed E-state index contributed by atoms with van der Waals surface area (Å²) < 4.78 is 1.96. The van der Waals surface area contributed by atoms with Crippen molar-refractivity contribution in [2.24, 2.45) is 7.05 Å². The van der Waals surface area contributed by atoms with Gasteiger partial charge < -0.3 is 9.55 Å². The van der Waals surface area contributed by atoms with Crippen molar-refractivity contribution in [3.63, 3.8) is 0 Å². The number of nitriles is 1. The molecule has 4 heteroatoms. The summed E-state index contributed by atoms with van der Waals surface area (Å²) in [6.07, 6.45) is 3.79. The first-order chi connectivity index (χ1) is 9.67. The van der Waals surface area contributed by atoms with Crippen molar-refractivity contribution in [3.05, 3.63) is 53.6 Å². The molecule has 0 radical (unpaired) electrons. The van der Waals surface area contributed by atoms with Gasteiger partial charge in [-0.2, -0.15) is 5.26 Å². The first-order valence-electron chi connectivity index (χ1n) is 6.37. The third kappa shape index (κ3) is 2.10. The van der Waals surface area contributed by atoms with Gasteiger partial charge in [0.25, 0.3) is 0 Å². The van der Waals surface area contributed by atoms with Crippen LogP contribution >= 0.6 is 0 Å². The monoisotopic (exact) mass is 262 g/mol. The van der Waals surface area contributed by atoms with Gasteiger partial charge in [0.1, 0.15) is 11.9 Å². The Kier molecular flexibility index (Phi) is 2.88. The molecule has 1 N–H and O–H groups in total. The lowest BCUT2D eigenvalue weighted by Gasteiger charge is -1.97. The highest BCUT2D eigenvalue weighted by Gasteiger charge is 2.08. The summed E-state index contributed by atoms with van der Waals surface area (Å²) in [5, 5.41) is 9.36. The summed E-state index contributed by atoms with van der Waals surface area (Å²) in [7, 11) is 1.95. The number of allylic oxidation sites excluding steroid dienone is 1. The lowest BCUT2D eigenvalue weighted by Crippen LogP contribution is -1.90. The van der Waals surface area contributed by atoms with Gasteiger partial charge in [-0.25, -0.2) is 4.98 Å². The van der Waals surface area contributed by atoms with E-state index in [0.717, 1.165) is 22.3 Å². The van der Waals surface area contributed by atoms with Gasteiger partial charge in [0.05, 0.1) is 16.6 Å². The van der Waals surface area contributed by atoms with Crippen LogP contribution in [-0.4, -0.2) is 14.5 Å². The second kappa shape index (κ2) is 4.71. The average molecular weight is 262 g/mol. The zero-order valence-corrected chi connectivity index (χ0v) is 11.4. The van der Waals surface area contributed by atoms with E-state index in [9.17, 15) is 5.26 Å². The second-order valence-electron chi connectivity index (χ2n) is 4.82. The van der Waals surface area contributed by atoms with Crippen LogP contribution in [0.25, 0.3) is 22.7 Å². The van der Waals surface area contributed by atoms with E-state index >= 15 is 0 Å². The van der Waals surface area contributed by atoms with Crippen molar-refractivity contribution in [1.82, 2.24) is 14.5 Å². The molecular weight excluding hydrogens is 248 g/mol. The molecule has 0 saturated carbocycles. The molecule has 98 valence electrons. The maximum atomic E-state index is 9.36. The number of nitrogens with zero attached hydrogens (tertiary/aromatic N) is 3. The average Bonchev–Trinajstić information content (AvgIpc) is 3.01. The molecule has 3 rings (SSSR count). The van der Waals surface area contributed by atoms with Crippen LogP contribution in [0.5, 0.6) is 0 Å². The Hall–Kier alpha value is -2.80. The van der Waals surface area contributed by atoms with Gasteiger partial charge in [0.2, 0.25) is 0 Å². The largest absolute Gasteiger partial charge is 0.351 e. The lowest BCUT2D eigenvalue weighted by molar-refractivity contribution is 0.915. The molecule has 0 saturated heterocycles. The minimum Gasteiger partial charge on any atom is -0.351 e. The number of aryl methyl sites for hydroxylation is 2. The first kappa shape index (κ1) is 12.2. The molecule has 4 nitrogen and oxygen atoms in total. The van der Waals surface area contributed by atoms with Gasteiger partial charge in [0.15, 0.2) is 0 Å². The van der Waals surface area contributed by atoms with E-state index in [0.29, 0.717) is 11.4 Å². The molecule has 0 aliphatic carbocycles. The van der Waals surface area contributed by atoms with Crippen molar-refractivity contribution in [2.75, 3.05) is 0 Å². The van der Waals surface area contributed by atoms with Crippen molar-refractivity contribution in [2.45, 2.75) is 6.92 Å². The number of nitrogens with one attached hydrogen (secondary N) is 1. The molecule has 2 heterocycles. The fourth-order valence-corrected chi connectivity index (χ4v) is 2.18. The van der Waals surface area contributed by atoms with E-state index in [1.165, 1.54) is 0 Å². The Balaban J connectivity index is 2.10. The van der Waals surface area contributed by atoms with Crippen LogP contribution in [0, 0.1) is 18.3 Å². The number of fused-ring (bicyclic) bond motifs is 1. The zero-order chi connectivity index (χ0) is 14.1. The second-order valence-corrected chi connectivity index (χ2v) is 4.82. The highest BCUT2D eigenvalue weighted by molar-refractivity contribution is 5.89. The van der Waals surface area contributed by atoms with E-state index in [2.05, 4.69) is 16.0 Å². The Labute approximate surface area is 117 Å². The Morgan fingerprint density at radius 3 is 2.95 bits per heavy atom. The Morgan fingerprint density at radius 2 is 2.25 bits per heavy atom. The molecule has 0 bridgehead atoms. The van der Waals surface area contributed by atoms with Crippen LogP contribution < -0.4 is 0 Å². The predicted molar refractivity (Wildman–Crippen MR) is 79.7 cm³/mol. The van der Waals surface area contributed by atoms with Crippen LogP contribution in [0.15, 0.2) is 36.5 Å². The fraction of sp³-hybridized carbons (Fsp3) is 0.125. The molecule has 0 atom stereocenters. The zero-order valence-electron chi connectivity index (χ0n) is 11.4. The highest BCUT2D eigenvalue weighted by Crippen LogP contribution is 2.20. The van der Waals surface area contributed by atoms with Gasteiger partial charge in [-0.05, 0) is 42.8 Å². The smallest absolute Gasteiger partial charge is 0.149 e. The third-order valence-corrected chi connectivity index (χ3v) is 3.29. The van der Waals surface area contributed by atoms with Crippen molar-refractivity contribution in [3.8, 4) is 6.07 Å². The molecule has 2 aromatic heterocycles. The number of aromatic amines is 1. The van der Waals surface area contributed by atoms with Gasteiger partial charge >= 0.3 is 0 Å². The standard InChI is InChI=1S/C16H14N4/c1-11-5-6-14-15(8-11)19-16(18-14)12(10-17)9-13-4-3-7-20(13)2/h3-9H,1-2H3,(H,18,19)/b12-9+. The molecule has 0 fully saturated rings. The molecular formula is C16H14N4. The van der Waals surface area contributed by atoms with Crippen LogP contribution in [0.3, 0.4) is 0 Å². The SMILES string of the molecule is Cc1ccc2nc(/C(C#N)=C/c3cccn3C)[nH]c2c1. The van der Waals surface area contributed by atoms with E-state index in [1.54, 1.807) is 0 Å². The van der Waals surface area contributed by atoms with Gasteiger partial charge in [-0.1, -0.05) is 6.07 Å². The summed E-state index contributed by atoms with van der Waals surface area (Å²) in [4.78, 5) is 7.69. The minimum atomic E-state index is 0.528. The molecule has 20 heavy (non-hydrogen) atoms. The van der Waals surface area contributed by atoms with Crippen LogP contribution in [-0.2, 0) is 7.05 Å². The lowest BCUT2D eigenvalue weighted by atomic mass is 10.2. The number of benzene rings is 1. The van der Waals surface area contributed by atoms with Crippen LogP contribution in [0.2, 0.25) is 0 Å². The number of imidazole rings is 1. The molecule has 0 aliphatic heterocycles. The highest BCUT2D eigenvalue weighted by atomic mass is 14.9. The maximum Gasteiger partial charge on any atom is 0.149 e. The number of rotatable bonds is 2. The van der Waals surface area contributed by atoms with E-state index in [-0.39, 0.29) is 0 Å². The van der Waals surface area contributed by atoms with Crippen LogP contribution in [0.4, 0.5) is 0 Å². The molecule has 0 unspecified atom stereocenters. The summed E-state index contributed by atoms with van der Waals surface area (Å²) in [5.41, 5.74) is 4.49. The number of hydrogen-bond donors (Lipinski definition) is 1. The first-order valence-corrected chi connectivity index (χ1v) is 6.37. The summed E-state index contributed by atoms with van der Waals surface area (Å²) in [6.45, 7) is 2.03. The third-order valence-electron chi connectivity index (χ3n) is 3.29. The van der Waals surface area contributed by atoms with Crippen molar-refractivity contribution < 1.29 is 0 Å². The molecule has 0 aliphatic rings. The number of aromatic nitrogens is 3. The molecule has 0 spiro atoms. The van der Waals surface area contributed by atoms with Crippen LogP contribution in [0.1, 0.15) is 17.1 Å². The quantitative estimate of drug-likeness (QED) is 0.720. The Bertz CT molecular complexity index is 843. The van der Waals surface area contributed by atoms with E-state index in [4.69, 9.17) is 0 Å². The summed E-state index contributed by atoms with van der Waals surface area (Å²) in [6, 6.07) is 12.1. The predicted octanol–water partition coefficient (Wildman–Crippen LogP) is 3.27. The summed E-state index contributed by atoms with van der Waals surface area (Å²) in [5.74, 6) is 0.606. The molecule has 0 amide bonds. The van der Waals surface area contributed by atoms with Crippen molar-refractivity contribution >= 4 is 22.7 Å². The Morgan fingerprint density at radius 1 is 1.40 bits per heavy atom. The summed E-state index contributed by atoms with van der Waals surface area (Å²) >= 11 is 0. The normalized spacial score (nSPS) is 11.8. The van der Waals surface area contributed by atoms with E-state index < -0.39 is 0 Å². The minimum absolute atomic E-state index is 0.528. The van der Waals surface area contributed by atoms with Gasteiger partial charge in [0, 0.05) is 18.9 Å². The number of H-pyrrole nitrogens is 1. The number of hydrogen-bond acceptors (Lipinski definition) is 2. The molecule has 3 aromatic rings. The van der Waals surface area contributed by atoms with Gasteiger partial charge in [-0.3, -0.25) is 0 Å². The van der Waals surface area contributed by atoms with E-state index in [1.807, 2.05) is 61.1 Å².